The van der Waals surface area contributed by atoms with Crippen molar-refractivity contribution in [2.75, 3.05) is 5.32 Å². The van der Waals surface area contributed by atoms with Crippen LogP contribution in [0.2, 0.25) is 5.02 Å². The predicted molar refractivity (Wildman–Crippen MR) is 148 cm³/mol. The number of fused-ring (bicyclic) bond motifs is 3. The summed E-state index contributed by atoms with van der Waals surface area (Å²) in [5.74, 6) is -10.5. The number of Topliss-reactive ketones (excluding diaryl/α,β-unsaturated/α-hetero) is 2. The van der Waals surface area contributed by atoms with Crippen molar-refractivity contribution in [3.63, 3.8) is 0 Å². The van der Waals surface area contributed by atoms with E-state index in [4.69, 9.17) is 17.3 Å². The minimum atomic E-state index is -4.37. The van der Waals surface area contributed by atoms with Gasteiger partial charge in [-0.2, -0.15) is 0 Å². The molecule has 0 spiro atoms. The number of sulfonamides is 1. The number of rotatable bonds is 4. The molecule has 3 aliphatic carbocycles. The zero-order valence-electron chi connectivity index (χ0n) is 22.0. The summed E-state index contributed by atoms with van der Waals surface area (Å²) in [5.41, 5.74) is -0.172. The first-order valence-electron chi connectivity index (χ1n) is 12.6. The van der Waals surface area contributed by atoms with E-state index in [0.717, 1.165) is 12.1 Å². The molecule has 9 N–H and O–H groups in total. The smallest absolute Gasteiger partial charge is 0.333 e. The lowest BCUT2D eigenvalue weighted by Crippen LogP contribution is -2.62. The Kier molecular flexibility index (Phi) is 7.04. The summed E-state index contributed by atoms with van der Waals surface area (Å²) in [7, 11) is -4.37. The summed E-state index contributed by atoms with van der Waals surface area (Å²) in [4.78, 5) is 51.0. The first kappa shape index (κ1) is 30.0. The number of ketones is 2. The molecule has 16 heteroatoms. The third-order valence-corrected chi connectivity index (χ3v) is 9.70. The number of hydrogen-bond donors (Lipinski definition) is 8. The second-order valence-electron chi connectivity index (χ2n) is 10.4. The Bertz CT molecular complexity index is 1800. The van der Waals surface area contributed by atoms with E-state index in [1.165, 1.54) is 31.2 Å². The normalized spacial score (nSPS) is 26.8. The first-order chi connectivity index (χ1) is 20.0. The van der Waals surface area contributed by atoms with E-state index >= 15 is 0 Å². The van der Waals surface area contributed by atoms with Crippen LogP contribution >= 0.6 is 11.6 Å². The number of carbonyl (C=O) groups excluding carboxylic acids is 4. The Balaban J connectivity index is 1.53. The minimum Gasteiger partial charge on any atom is -0.511 e. The van der Waals surface area contributed by atoms with Gasteiger partial charge in [0, 0.05) is 28.9 Å². The maximum Gasteiger partial charge on any atom is 0.333 e. The van der Waals surface area contributed by atoms with Gasteiger partial charge in [0.05, 0.1) is 22.3 Å². The number of benzene rings is 2. The van der Waals surface area contributed by atoms with Crippen LogP contribution in [0.3, 0.4) is 0 Å². The number of anilines is 1. The number of primary amides is 1. The molecule has 0 heterocycles. The quantitative estimate of drug-likeness (QED) is 0.176. The van der Waals surface area contributed by atoms with E-state index in [0.29, 0.717) is 0 Å². The maximum atomic E-state index is 13.8. The number of nitrogens with two attached hydrogens (primary N) is 1. The molecule has 0 aromatic heterocycles. The molecule has 0 fully saturated rings. The highest BCUT2D eigenvalue weighted by Crippen LogP contribution is 2.55. The SMILES string of the molecule is C[C@H]1c2ccc(NC(=O)NS(=O)(=O)c3ccc(Cl)cc3)c(O)c2C(=O)C2=C(O)[C@]3(O)C(=O)C(C(N)=O)=C(O)C[C@@H]3[C@@H](O)[C@@H]21. The first-order valence-corrected chi connectivity index (χ1v) is 14.5. The third-order valence-electron chi connectivity index (χ3n) is 8.10. The lowest BCUT2D eigenvalue weighted by molar-refractivity contribution is -0.154. The Morgan fingerprint density at radius 2 is 1.70 bits per heavy atom. The Morgan fingerprint density at radius 3 is 2.30 bits per heavy atom. The van der Waals surface area contributed by atoms with Gasteiger partial charge >= 0.3 is 6.03 Å². The average Bonchev–Trinajstić information content (AvgIpc) is 2.92. The molecule has 0 saturated carbocycles. The topological polar surface area (TPSA) is 254 Å². The van der Waals surface area contributed by atoms with Crippen LogP contribution in [0.5, 0.6) is 5.75 Å². The molecule has 0 saturated heterocycles. The molecule has 5 atom stereocenters. The molecule has 0 aliphatic heterocycles. The molecule has 3 amide bonds. The number of nitrogens with one attached hydrogen (secondary N) is 2. The highest BCUT2D eigenvalue weighted by Gasteiger charge is 2.64. The fourth-order valence-electron chi connectivity index (χ4n) is 6.04. The van der Waals surface area contributed by atoms with Crippen molar-refractivity contribution >= 4 is 50.8 Å². The van der Waals surface area contributed by atoms with Gasteiger partial charge in [0.25, 0.3) is 15.9 Å². The molecule has 43 heavy (non-hydrogen) atoms. The summed E-state index contributed by atoms with van der Waals surface area (Å²) in [5, 5.41) is 57.5. The summed E-state index contributed by atoms with van der Waals surface area (Å²) in [6.45, 7) is 1.53. The molecule has 0 bridgehead atoms. The highest BCUT2D eigenvalue weighted by molar-refractivity contribution is 7.90. The number of hydrogen-bond acceptors (Lipinski definition) is 11. The number of amides is 3. The fraction of sp³-hybridized carbons (Fsp3) is 0.259. The van der Waals surface area contributed by atoms with Crippen molar-refractivity contribution in [1.29, 1.82) is 0 Å². The van der Waals surface area contributed by atoms with Gasteiger partial charge in [0.15, 0.2) is 17.1 Å². The van der Waals surface area contributed by atoms with E-state index in [9.17, 15) is 53.1 Å². The Hall–Kier alpha value is -4.44. The van der Waals surface area contributed by atoms with Gasteiger partial charge in [0.1, 0.15) is 17.1 Å². The lowest BCUT2D eigenvalue weighted by Gasteiger charge is -2.50. The molecule has 14 nitrogen and oxygen atoms in total. The van der Waals surface area contributed by atoms with Crippen molar-refractivity contribution in [1.82, 2.24) is 4.72 Å². The second-order valence-corrected chi connectivity index (χ2v) is 12.5. The van der Waals surface area contributed by atoms with E-state index in [2.05, 4.69) is 5.32 Å². The van der Waals surface area contributed by atoms with E-state index in [-0.39, 0.29) is 15.5 Å². The van der Waals surface area contributed by atoms with Gasteiger partial charge in [-0.15, -0.1) is 0 Å². The summed E-state index contributed by atoms with van der Waals surface area (Å²) < 4.78 is 26.9. The van der Waals surface area contributed by atoms with Crippen LogP contribution in [0.4, 0.5) is 10.5 Å². The van der Waals surface area contributed by atoms with Crippen molar-refractivity contribution in [2.45, 2.75) is 35.9 Å². The number of urea groups is 1. The van der Waals surface area contributed by atoms with Crippen LogP contribution in [0.1, 0.15) is 35.2 Å². The van der Waals surface area contributed by atoms with Crippen molar-refractivity contribution < 1.29 is 53.1 Å². The van der Waals surface area contributed by atoms with Gasteiger partial charge in [-0.05, 0) is 41.8 Å². The van der Waals surface area contributed by atoms with Crippen LogP contribution < -0.4 is 15.8 Å². The van der Waals surface area contributed by atoms with Gasteiger partial charge in [-0.25, -0.2) is 17.9 Å². The molecule has 2 aromatic carbocycles. The van der Waals surface area contributed by atoms with Crippen LogP contribution in [0.25, 0.3) is 0 Å². The zero-order chi connectivity index (χ0) is 31.8. The number of carbonyl (C=O) groups is 4. The number of phenolic OH excluding ortho intramolecular Hbond substituents is 1. The number of aromatic hydroxyl groups is 1. The number of halogens is 1. The largest absolute Gasteiger partial charge is 0.511 e. The monoisotopic (exact) mass is 633 g/mol. The van der Waals surface area contributed by atoms with Crippen LogP contribution in [0, 0.1) is 11.8 Å². The molecule has 226 valence electrons. The number of allylic oxidation sites excluding steroid dienone is 1. The predicted octanol–water partition coefficient (Wildman–Crippen LogP) is 1.28. The molecular weight excluding hydrogens is 610 g/mol. The van der Waals surface area contributed by atoms with Crippen LogP contribution in [-0.4, -0.2) is 69.2 Å². The van der Waals surface area contributed by atoms with Gasteiger partial charge in [-0.1, -0.05) is 24.6 Å². The standard InChI is InChI=1S/C27H24ClN3O11S/c1-9-12-6-7-14(30-26(39)31-43(41,42)11-4-2-10(28)3-5-11)21(34)17(12)22(35)19-16(9)20(33)13-8-15(32)18(25(29)38)23(36)27(13,40)24(19)37/h2-7,9,13,16,20,32-34,37,40H,8H2,1H3,(H2,29,38)(H2,30,31,39)/t9-,13+,16+,20+,27+/m0/s1. The van der Waals surface area contributed by atoms with Crippen LogP contribution in [-0.2, 0) is 19.6 Å². The number of aliphatic hydroxyl groups is 4. The Morgan fingerprint density at radius 1 is 1.07 bits per heavy atom. The maximum absolute atomic E-state index is 13.8. The second kappa shape index (κ2) is 10.1. The van der Waals surface area contributed by atoms with Crippen LogP contribution in [0.15, 0.2) is 64.0 Å². The van der Waals surface area contributed by atoms with Crippen molar-refractivity contribution in [3.05, 3.63) is 75.2 Å². The molecule has 5 rings (SSSR count). The number of phenols is 1. The molecular formula is C27H24ClN3O11S. The van der Waals surface area contributed by atoms with Gasteiger partial charge in [0.2, 0.25) is 5.78 Å². The number of aliphatic hydroxyl groups excluding tert-OH is 3. The molecule has 0 radical (unpaired) electrons. The molecule has 2 aromatic rings. The van der Waals surface area contributed by atoms with E-state index in [1.54, 1.807) is 4.72 Å². The fourth-order valence-corrected chi connectivity index (χ4v) is 7.07. The third kappa shape index (κ3) is 4.43. The van der Waals surface area contributed by atoms with Crippen molar-refractivity contribution in [2.24, 2.45) is 17.6 Å². The summed E-state index contributed by atoms with van der Waals surface area (Å²) in [6, 6.07) is 6.11. The summed E-state index contributed by atoms with van der Waals surface area (Å²) >= 11 is 5.76. The average molecular weight is 634 g/mol. The van der Waals surface area contributed by atoms with E-state index < -0.39 is 109 Å². The minimum absolute atomic E-state index is 0.160. The van der Waals surface area contributed by atoms with Crippen molar-refractivity contribution in [3.8, 4) is 5.75 Å². The Labute approximate surface area is 248 Å². The highest BCUT2D eigenvalue weighted by atomic mass is 35.5. The molecule has 0 unspecified atom stereocenters. The van der Waals surface area contributed by atoms with E-state index in [1.807, 2.05) is 0 Å². The zero-order valence-corrected chi connectivity index (χ0v) is 23.6. The van der Waals surface area contributed by atoms with Gasteiger partial charge in [-0.3, -0.25) is 14.4 Å². The van der Waals surface area contributed by atoms with Gasteiger partial charge < -0.3 is 36.6 Å². The molecule has 3 aliphatic rings. The lowest BCUT2D eigenvalue weighted by atomic mass is 9.56. The summed E-state index contributed by atoms with van der Waals surface area (Å²) in [6.07, 6.45) is -2.32.